The molecule has 0 heterocycles. The summed E-state index contributed by atoms with van der Waals surface area (Å²) in [5.74, 6) is 0.532. The fourth-order valence-corrected chi connectivity index (χ4v) is 5.47. The molecule has 0 nitrogen and oxygen atoms in total. The van der Waals surface area contributed by atoms with Crippen molar-refractivity contribution in [1.29, 1.82) is 0 Å². The van der Waals surface area contributed by atoms with Crippen molar-refractivity contribution in [3.63, 3.8) is 0 Å². The number of benzene rings is 2. The van der Waals surface area contributed by atoms with Crippen molar-refractivity contribution in [3.8, 4) is 0 Å². The number of aryl methyl sites for hydroxylation is 2. The van der Waals surface area contributed by atoms with Gasteiger partial charge in [-0.3, -0.25) is 0 Å². The monoisotopic (exact) mass is 396 g/mol. The van der Waals surface area contributed by atoms with Crippen molar-refractivity contribution < 1.29 is 0 Å². The predicted molar refractivity (Wildman–Crippen MR) is 132 cm³/mol. The van der Waals surface area contributed by atoms with E-state index in [9.17, 15) is 0 Å². The molecule has 0 saturated heterocycles. The van der Waals surface area contributed by atoms with Gasteiger partial charge >= 0.3 is 0 Å². The maximum atomic E-state index is 4.64. The van der Waals surface area contributed by atoms with Gasteiger partial charge in [-0.25, -0.2) is 0 Å². The van der Waals surface area contributed by atoms with Crippen molar-refractivity contribution in [2.75, 3.05) is 0 Å². The van der Waals surface area contributed by atoms with Crippen LogP contribution >= 0.6 is 0 Å². The van der Waals surface area contributed by atoms with Gasteiger partial charge in [0, 0.05) is 5.41 Å². The van der Waals surface area contributed by atoms with Crippen LogP contribution in [0.25, 0.3) is 11.1 Å². The highest BCUT2D eigenvalue weighted by atomic mass is 14.4. The summed E-state index contributed by atoms with van der Waals surface area (Å²) in [6, 6.07) is 15.7. The normalized spacial score (nSPS) is 24.0. The Kier molecular flexibility index (Phi) is 5.87. The second-order valence-electron chi connectivity index (χ2n) is 9.74. The van der Waals surface area contributed by atoms with Gasteiger partial charge in [-0.2, -0.15) is 0 Å². The van der Waals surface area contributed by atoms with Crippen LogP contribution in [-0.2, 0) is 0 Å². The number of fused-ring (bicyclic) bond motifs is 1. The van der Waals surface area contributed by atoms with E-state index in [1.807, 2.05) is 0 Å². The van der Waals surface area contributed by atoms with Crippen LogP contribution in [0.1, 0.15) is 85.6 Å². The summed E-state index contributed by atoms with van der Waals surface area (Å²) in [5, 5.41) is 0. The first-order valence-corrected chi connectivity index (χ1v) is 11.6. The van der Waals surface area contributed by atoms with Gasteiger partial charge in [-0.15, -0.1) is 0 Å². The molecule has 0 saturated carbocycles. The zero-order valence-electron chi connectivity index (χ0n) is 19.1. The van der Waals surface area contributed by atoms with Crippen LogP contribution in [-0.4, -0.2) is 0 Å². The quantitative estimate of drug-likeness (QED) is 0.453. The number of hydrogen-bond acceptors (Lipinski definition) is 0. The van der Waals surface area contributed by atoms with E-state index in [-0.39, 0.29) is 5.41 Å². The molecule has 30 heavy (non-hydrogen) atoms. The molecule has 2 atom stereocenters. The topological polar surface area (TPSA) is 0 Å². The first-order valence-electron chi connectivity index (χ1n) is 11.6. The Bertz CT molecular complexity index is 1000. The Morgan fingerprint density at radius 3 is 2.63 bits per heavy atom. The van der Waals surface area contributed by atoms with E-state index in [0.717, 1.165) is 6.42 Å². The van der Waals surface area contributed by atoms with Crippen molar-refractivity contribution >= 4 is 11.1 Å². The first kappa shape index (κ1) is 20.9. The van der Waals surface area contributed by atoms with Crippen molar-refractivity contribution in [3.05, 3.63) is 95.1 Å². The molecular formula is C30H36. The molecule has 0 fully saturated rings. The lowest BCUT2D eigenvalue weighted by Gasteiger charge is -2.43. The van der Waals surface area contributed by atoms with Gasteiger partial charge in [0.2, 0.25) is 0 Å². The fraction of sp³-hybridized carbons (Fsp3) is 0.400. The summed E-state index contributed by atoms with van der Waals surface area (Å²) in [6.07, 6.45) is 11.4. The lowest BCUT2D eigenvalue weighted by atomic mass is 9.60. The average molecular weight is 397 g/mol. The molecule has 4 rings (SSSR count). The third-order valence-electron chi connectivity index (χ3n) is 7.71. The second-order valence-corrected chi connectivity index (χ2v) is 9.74. The minimum Gasteiger partial charge on any atom is -0.0943 e. The molecular weight excluding hydrogens is 360 g/mol. The highest BCUT2D eigenvalue weighted by Gasteiger charge is 2.40. The predicted octanol–water partition coefficient (Wildman–Crippen LogP) is 8.80. The molecule has 0 heteroatoms. The fourth-order valence-electron chi connectivity index (χ4n) is 5.47. The van der Waals surface area contributed by atoms with Crippen LogP contribution in [0.3, 0.4) is 0 Å². The Hall–Kier alpha value is -2.34. The number of hydrogen-bond donors (Lipinski definition) is 0. The molecule has 2 aromatic carbocycles. The third-order valence-corrected chi connectivity index (χ3v) is 7.71. The van der Waals surface area contributed by atoms with Gasteiger partial charge in [0.15, 0.2) is 0 Å². The lowest BCUT2D eigenvalue weighted by molar-refractivity contribution is 0.441. The minimum atomic E-state index is -0.119. The van der Waals surface area contributed by atoms with Crippen LogP contribution in [0.5, 0.6) is 0 Å². The van der Waals surface area contributed by atoms with Gasteiger partial charge in [-0.05, 0) is 97.3 Å². The summed E-state index contributed by atoms with van der Waals surface area (Å²) in [7, 11) is 0. The molecule has 0 N–H and O–H groups in total. The zero-order chi connectivity index (χ0) is 21.3. The molecule has 2 aliphatic carbocycles. The minimum absolute atomic E-state index is 0.119. The standard InChI is InChI=1S/C30H36/c1-21-16-17-26(18-22(21)2)23(3)30(5)20-27(19-25-12-8-6-7-9-13-25)29-15-11-10-14-28(29)24(30)4/h10-12,14-18,27H,3-4,6-9,13,19-20H2,1-2,5H3. The zero-order valence-corrected chi connectivity index (χ0v) is 19.1. The Morgan fingerprint density at radius 1 is 1.03 bits per heavy atom. The summed E-state index contributed by atoms with van der Waals surface area (Å²) in [4.78, 5) is 0. The van der Waals surface area contributed by atoms with Gasteiger partial charge in [0.25, 0.3) is 0 Å². The number of rotatable bonds is 4. The molecule has 0 radical (unpaired) electrons. The molecule has 0 spiro atoms. The Balaban J connectivity index is 1.72. The molecule has 0 aliphatic heterocycles. The SMILES string of the molecule is C=C(c1ccc(C)c(C)c1)C1(C)CC(CC2=CCCCCC2)c2ccccc2C1=C. The summed E-state index contributed by atoms with van der Waals surface area (Å²) >= 11 is 0. The van der Waals surface area contributed by atoms with Crippen molar-refractivity contribution in [2.24, 2.45) is 5.41 Å². The van der Waals surface area contributed by atoms with Gasteiger partial charge in [-0.1, -0.05) is 80.6 Å². The van der Waals surface area contributed by atoms with Crippen LogP contribution in [0, 0.1) is 19.3 Å². The van der Waals surface area contributed by atoms with Gasteiger partial charge < -0.3 is 0 Å². The van der Waals surface area contributed by atoms with Crippen LogP contribution in [0.4, 0.5) is 0 Å². The van der Waals surface area contributed by atoms with E-state index in [0.29, 0.717) is 5.92 Å². The number of allylic oxidation sites excluding steroid dienone is 4. The van der Waals surface area contributed by atoms with Crippen LogP contribution in [0.15, 0.2) is 67.3 Å². The second kappa shape index (κ2) is 8.42. The summed E-state index contributed by atoms with van der Waals surface area (Å²) < 4.78 is 0. The highest BCUT2D eigenvalue weighted by molar-refractivity contribution is 5.87. The maximum absolute atomic E-state index is 4.64. The van der Waals surface area contributed by atoms with E-state index in [4.69, 9.17) is 0 Å². The highest BCUT2D eigenvalue weighted by Crippen LogP contribution is 2.56. The average Bonchev–Trinajstić information content (AvgIpc) is 3.02. The van der Waals surface area contributed by atoms with E-state index in [1.54, 1.807) is 5.57 Å². The lowest BCUT2D eigenvalue weighted by Crippen LogP contribution is -2.28. The summed E-state index contributed by atoms with van der Waals surface area (Å²) in [6.45, 7) is 16.0. The molecule has 0 bridgehead atoms. The molecule has 156 valence electrons. The first-order chi connectivity index (χ1) is 14.4. The van der Waals surface area contributed by atoms with Crippen LogP contribution < -0.4 is 0 Å². The Labute approximate surface area is 183 Å². The molecule has 0 amide bonds. The van der Waals surface area contributed by atoms with Crippen molar-refractivity contribution in [1.82, 2.24) is 0 Å². The Morgan fingerprint density at radius 2 is 1.83 bits per heavy atom. The smallest absolute Gasteiger partial charge is 0.0180 e. The third kappa shape index (κ3) is 3.85. The molecule has 0 aromatic heterocycles. The van der Waals surface area contributed by atoms with Crippen LogP contribution in [0.2, 0.25) is 0 Å². The molecule has 2 unspecified atom stereocenters. The van der Waals surface area contributed by atoms with Crippen molar-refractivity contribution in [2.45, 2.75) is 71.6 Å². The van der Waals surface area contributed by atoms with E-state index in [1.165, 1.54) is 77.5 Å². The molecule has 2 aromatic rings. The van der Waals surface area contributed by atoms with E-state index >= 15 is 0 Å². The largest absolute Gasteiger partial charge is 0.0943 e. The van der Waals surface area contributed by atoms with Gasteiger partial charge in [0.1, 0.15) is 0 Å². The summed E-state index contributed by atoms with van der Waals surface area (Å²) in [5.41, 5.74) is 10.7. The van der Waals surface area contributed by atoms with E-state index in [2.05, 4.69) is 82.5 Å². The molecule has 2 aliphatic rings. The van der Waals surface area contributed by atoms with Gasteiger partial charge in [0.05, 0.1) is 0 Å². The maximum Gasteiger partial charge on any atom is 0.0180 e. The van der Waals surface area contributed by atoms with E-state index < -0.39 is 0 Å².